The number of aromatic nitrogens is 3. The van der Waals surface area contributed by atoms with Crippen LogP contribution in [0, 0.1) is 6.92 Å². The fraction of sp³-hybridized carbons (Fsp3) is 0.500. The summed E-state index contributed by atoms with van der Waals surface area (Å²) in [5.74, 6) is 1.88. The number of piperazine rings is 1. The van der Waals surface area contributed by atoms with Gasteiger partial charge in [0.1, 0.15) is 5.82 Å². The highest BCUT2D eigenvalue weighted by atomic mass is 16.3. The Bertz CT molecular complexity index is 686. The van der Waals surface area contributed by atoms with Gasteiger partial charge in [-0.15, -0.1) is 5.10 Å². The van der Waals surface area contributed by atoms with Crippen LogP contribution in [0.25, 0.3) is 0 Å². The number of hydrogen-bond acceptors (Lipinski definition) is 7. The normalized spacial score (nSPS) is 24.7. The molecule has 7 heteroatoms. The van der Waals surface area contributed by atoms with Gasteiger partial charge in [-0.05, 0) is 31.2 Å². The Hall–Kier alpha value is -2.25. The van der Waals surface area contributed by atoms with Crippen molar-refractivity contribution in [2.75, 3.05) is 49.1 Å². The lowest BCUT2D eigenvalue weighted by Gasteiger charge is -2.39. The fourth-order valence-electron chi connectivity index (χ4n) is 3.70. The molecule has 0 aromatic carbocycles. The van der Waals surface area contributed by atoms with E-state index in [9.17, 15) is 5.11 Å². The standard InChI is InChI=1S/C18H24N6O/c1-14-5-6-18(21-20-14)24-12-15(16(25)13-24)22-8-10-23(11-9-22)17-4-2-3-7-19-17/h2-7,15-16,25H,8-13H2,1H3/t15-,16-/m0/s1. The van der Waals surface area contributed by atoms with Crippen LogP contribution < -0.4 is 9.80 Å². The van der Waals surface area contributed by atoms with E-state index < -0.39 is 0 Å². The summed E-state index contributed by atoms with van der Waals surface area (Å²) in [4.78, 5) is 11.3. The molecule has 2 aliphatic heterocycles. The Balaban J connectivity index is 1.37. The molecule has 4 rings (SSSR count). The molecule has 132 valence electrons. The summed E-state index contributed by atoms with van der Waals surface area (Å²) < 4.78 is 0. The minimum Gasteiger partial charge on any atom is -0.390 e. The third-order valence-corrected chi connectivity index (χ3v) is 5.12. The van der Waals surface area contributed by atoms with E-state index in [-0.39, 0.29) is 12.1 Å². The maximum absolute atomic E-state index is 10.6. The highest BCUT2D eigenvalue weighted by Gasteiger charge is 2.37. The van der Waals surface area contributed by atoms with Gasteiger partial charge in [0.15, 0.2) is 5.82 Å². The van der Waals surface area contributed by atoms with Gasteiger partial charge < -0.3 is 14.9 Å². The predicted molar refractivity (Wildman–Crippen MR) is 96.8 cm³/mol. The van der Waals surface area contributed by atoms with E-state index in [0.29, 0.717) is 6.54 Å². The molecule has 4 heterocycles. The fourth-order valence-corrected chi connectivity index (χ4v) is 3.70. The van der Waals surface area contributed by atoms with Crippen molar-refractivity contribution < 1.29 is 5.11 Å². The number of rotatable bonds is 3. The minimum atomic E-state index is -0.357. The van der Waals surface area contributed by atoms with Gasteiger partial charge in [0.05, 0.1) is 17.8 Å². The highest BCUT2D eigenvalue weighted by Crippen LogP contribution is 2.23. The Morgan fingerprint density at radius 3 is 2.44 bits per heavy atom. The van der Waals surface area contributed by atoms with Gasteiger partial charge in [-0.2, -0.15) is 5.10 Å². The van der Waals surface area contributed by atoms with Crippen LogP contribution in [-0.2, 0) is 0 Å². The number of hydrogen-bond donors (Lipinski definition) is 1. The van der Waals surface area contributed by atoms with Crippen molar-refractivity contribution in [2.24, 2.45) is 0 Å². The first-order chi connectivity index (χ1) is 12.2. The van der Waals surface area contributed by atoms with Crippen molar-refractivity contribution in [3.8, 4) is 0 Å². The third-order valence-electron chi connectivity index (χ3n) is 5.12. The zero-order valence-corrected chi connectivity index (χ0v) is 14.5. The second-order valence-corrected chi connectivity index (χ2v) is 6.78. The molecule has 7 nitrogen and oxygen atoms in total. The van der Waals surface area contributed by atoms with E-state index in [0.717, 1.165) is 50.1 Å². The average Bonchev–Trinajstić information content (AvgIpc) is 3.05. The second kappa shape index (κ2) is 6.93. The molecule has 2 fully saturated rings. The van der Waals surface area contributed by atoms with Crippen LogP contribution in [-0.4, -0.2) is 76.6 Å². The second-order valence-electron chi connectivity index (χ2n) is 6.78. The molecule has 2 saturated heterocycles. The minimum absolute atomic E-state index is 0.147. The van der Waals surface area contributed by atoms with Gasteiger partial charge in [0.2, 0.25) is 0 Å². The topological polar surface area (TPSA) is 68.6 Å². The zero-order valence-electron chi connectivity index (χ0n) is 14.5. The molecular formula is C18H24N6O. The maximum atomic E-state index is 10.6. The van der Waals surface area contributed by atoms with Gasteiger partial charge in [0.25, 0.3) is 0 Å². The van der Waals surface area contributed by atoms with Crippen LogP contribution in [0.2, 0.25) is 0 Å². The first-order valence-electron chi connectivity index (χ1n) is 8.84. The number of anilines is 2. The van der Waals surface area contributed by atoms with Crippen LogP contribution in [0.1, 0.15) is 5.69 Å². The number of nitrogens with zero attached hydrogens (tertiary/aromatic N) is 6. The largest absolute Gasteiger partial charge is 0.390 e. The molecule has 2 atom stereocenters. The Morgan fingerprint density at radius 2 is 1.76 bits per heavy atom. The van der Waals surface area contributed by atoms with Crippen molar-refractivity contribution >= 4 is 11.6 Å². The third kappa shape index (κ3) is 3.43. The first kappa shape index (κ1) is 16.2. The molecule has 2 aromatic rings. The first-order valence-corrected chi connectivity index (χ1v) is 8.84. The van der Waals surface area contributed by atoms with Gasteiger partial charge in [0, 0.05) is 45.5 Å². The quantitative estimate of drug-likeness (QED) is 0.875. The summed E-state index contributed by atoms with van der Waals surface area (Å²) in [5, 5.41) is 18.9. The summed E-state index contributed by atoms with van der Waals surface area (Å²) in [5.41, 5.74) is 0.908. The Labute approximate surface area is 147 Å². The predicted octanol–water partition coefficient (Wildman–Crippen LogP) is 0.552. The molecule has 0 saturated carbocycles. The summed E-state index contributed by atoms with van der Waals surface area (Å²) in [6.45, 7) is 7.08. The summed E-state index contributed by atoms with van der Waals surface area (Å²) in [6.07, 6.45) is 1.48. The molecule has 0 bridgehead atoms. The molecular weight excluding hydrogens is 316 g/mol. The molecule has 0 aliphatic carbocycles. The van der Waals surface area contributed by atoms with Crippen molar-refractivity contribution in [1.82, 2.24) is 20.1 Å². The van der Waals surface area contributed by atoms with Crippen LogP contribution in [0.15, 0.2) is 36.5 Å². The van der Waals surface area contributed by atoms with E-state index in [1.54, 1.807) is 0 Å². The van der Waals surface area contributed by atoms with Gasteiger partial charge in [-0.1, -0.05) is 6.07 Å². The molecule has 0 unspecified atom stereocenters. The highest BCUT2D eigenvalue weighted by molar-refractivity contribution is 5.41. The number of pyridine rings is 1. The maximum Gasteiger partial charge on any atom is 0.151 e. The van der Waals surface area contributed by atoms with Crippen molar-refractivity contribution in [2.45, 2.75) is 19.1 Å². The van der Waals surface area contributed by atoms with E-state index in [1.807, 2.05) is 37.4 Å². The van der Waals surface area contributed by atoms with E-state index in [1.165, 1.54) is 0 Å². The van der Waals surface area contributed by atoms with Crippen LogP contribution >= 0.6 is 0 Å². The average molecular weight is 340 g/mol. The molecule has 2 aromatic heterocycles. The number of aliphatic hydroxyl groups is 1. The molecule has 1 N–H and O–H groups in total. The Morgan fingerprint density at radius 1 is 0.920 bits per heavy atom. The van der Waals surface area contributed by atoms with Crippen LogP contribution in [0.4, 0.5) is 11.6 Å². The number of β-amino-alcohol motifs (C(OH)–C–C–N with tert-alkyl or cyclic N) is 1. The van der Waals surface area contributed by atoms with E-state index in [2.05, 4.69) is 35.9 Å². The molecule has 25 heavy (non-hydrogen) atoms. The van der Waals surface area contributed by atoms with Gasteiger partial charge >= 0.3 is 0 Å². The number of aryl methyl sites for hydroxylation is 1. The van der Waals surface area contributed by atoms with Gasteiger partial charge in [-0.25, -0.2) is 4.98 Å². The van der Waals surface area contributed by atoms with Crippen LogP contribution in [0.3, 0.4) is 0 Å². The van der Waals surface area contributed by atoms with Crippen molar-refractivity contribution in [3.05, 3.63) is 42.2 Å². The summed E-state index contributed by atoms with van der Waals surface area (Å²) in [7, 11) is 0. The SMILES string of the molecule is Cc1ccc(N2C[C@H](O)[C@@H](N3CCN(c4ccccn4)CC3)C2)nn1. The molecule has 0 spiro atoms. The Kier molecular flexibility index (Phi) is 4.50. The molecule has 0 amide bonds. The lowest BCUT2D eigenvalue weighted by Crippen LogP contribution is -2.54. The summed E-state index contributed by atoms with van der Waals surface area (Å²) >= 11 is 0. The van der Waals surface area contributed by atoms with Crippen molar-refractivity contribution in [1.29, 1.82) is 0 Å². The number of aliphatic hydroxyl groups excluding tert-OH is 1. The zero-order chi connectivity index (χ0) is 17.2. The van der Waals surface area contributed by atoms with E-state index >= 15 is 0 Å². The lowest BCUT2D eigenvalue weighted by atomic mass is 10.1. The summed E-state index contributed by atoms with van der Waals surface area (Å²) in [6, 6.07) is 10.1. The lowest BCUT2D eigenvalue weighted by molar-refractivity contribution is 0.0792. The smallest absolute Gasteiger partial charge is 0.151 e. The monoisotopic (exact) mass is 340 g/mol. The van der Waals surface area contributed by atoms with Gasteiger partial charge in [-0.3, -0.25) is 4.90 Å². The molecule has 0 radical (unpaired) electrons. The molecule has 2 aliphatic rings. The van der Waals surface area contributed by atoms with Crippen LogP contribution in [0.5, 0.6) is 0 Å². The van der Waals surface area contributed by atoms with E-state index in [4.69, 9.17) is 0 Å². The van der Waals surface area contributed by atoms with Crippen molar-refractivity contribution in [3.63, 3.8) is 0 Å².